The van der Waals surface area contributed by atoms with Crippen LogP contribution in [0.2, 0.25) is 0 Å². The molecule has 1 aliphatic heterocycles. The van der Waals surface area contributed by atoms with E-state index in [1.165, 1.54) is 10.2 Å². The van der Waals surface area contributed by atoms with E-state index in [1.54, 1.807) is 0 Å². The molecule has 0 aliphatic carbocycles. The number of tetrazole rings is 1. The van der Waals surface area contributed by atoms with E-state index in [-0.39, 0.29) is 0 Å². The predicted octanol–water partition coefficient (Wildman–Crippen LogP) is 0.884. The van der Waals surface area contributed by atoms with Gasteiger partial charge in [0.25, 0.3) is 0 Å². The van der Waals surface area contributed by atoms with Gasteiger partial charge in [0.15, 0.2) is 11.5 Å². The molecule has 0 saturated carbocycles. The molecule has 0 N–H and O–H groups in total. The number of nitrogens with zero attached hydrogens (tertiary/aromatic N) is 7. The first-order valence-electron chi connectivity index (χ1n) is 7.95. The van der Waals surface area contributed by atoms with Crippen LogP contribution in [0.15, 0.2) is 42.5 Å². The number of piperazine rings is 1. The van der Waals surface area contributed by atoms with Crippen molar-refractivity contribution in [3.63, 3.8) is 0 Å². The summed E-state index contributed by atoms with van der Waals surface area (Å²) < 4.78 is 1.48. The van der Waals surface area contributed by atoms with E-state index in [9.17, 15) is 0 Å². The molecule has 0 atom stereocenters. The molecule has 23 heavy (non-hydrogen) atoms. The van der Waals surface area contributed by atoms with Gasteiger partial charge >= 0.3 is 0 Å². The molecule has 0 radical (unpaired) electrons. The van der Waals surface area contributed by atoms with Crippen LogP contribution in [-0.4, -0.2) is 62.9 Å². The number of rotatable bonds is 4. The van der Waals surface area contributed by atoms with Gasteiger partial charge in [-0.15, -0.1) is 14.8 Å². The Morgan fingerprint density at radius 3 is 2.57 bits per heavy atom. The van der Waals surface area contributed by atoms with Gasteiger partial charge in [-0.1, -0.05) is 30.3 Å². The van der Waals surface area contributed by atoms with Crippen LogP contribution >= 0.6 is 0 Å². The first kappa shape index (κ1) is 14.1. The lowest BCUT2D eigenvalue weighted by Crippen LogP contribution is -2.47. The van der Waals surface area contributed by atoms with Crippen molar-refractivity contribution in [3.8, 4) is 0 Å². The van der Waals surface area contributed by atoms with E-state index < -0.39 is 0 Å². The standard InChI is InChI=1S/C16H19N7/c1-2-4-14(5-3-1)8-9-21-10-12-22(13-11-21)16-7-6-15-17-19-20-23(15)18-16/h1-7H,8-13H2. The van der Waals surface area contributed by atoms with Gasteiger partial charge in [0.2, 0.25) is 0 Å². The summed E-state index contributed by atoms with van der Waals surface area (Å²) in [6.07, 6.45) is 1.11. The number of benzene rings is 1. The average molecular weight is 309 g/mol. The summed E-state index contributed by atoms with van der Waals surface area (Å²) >= 11 is 0. The molecule has 3 aromatic rings. The molecular formula is C16H19N7. The van der Waals surface area contributed by atoms with E-state index in [4.69, 9.17) is 0 Å². The van der Waals surface area contributed by atoms with Gasteiger partial charge < -0.3 is 4.90 Å². The summed E-state index contributed by atoms with van der Waals surface area (Å²) in [5.41, 5.74) is 2.08. The maximum absolute atomic E-state index is 4.47. The molecule has 3 heterocycles. The van der Waals surface area contributed by atoms with E-state index in [1.807, 2.05) is 12.1 Å². The third-order valence-electron chi connectivity index (χ3n) is 4.31. The summed E-state index contributed by atoms with van der Waals surface area (Å²) in [6, 6.07) is 14.6. The number of aromatic nitrogens is 5. The molecule has 0 amide bonds. The zero-order chi connectivity index (χ0) is 15.5. The number of anilines is 1. The minimum Gasteiger partial charge on any atom is -0.353 e. The van der Waals surface area contributed by atoms with Crippen LogP contribution in [-0.2, 0) is 6.42 Å². The fourth-order valence-corrected chi connectivity index (χ4v) is 2.94. The van der Waals surface area contributed by atoms with Crippen molar-refractivity contribution in [2.45, 2.75) is 6.42 Å². The van der Waals surface area contributed by atoms with Crippen molar-refractivity contribution in [2.24, 2.45) is 0 Å². The normalized spacial score (nSPS) is 16.1. The summed E-state index contributed by atoms with van der Waals surface area (Å²) in [5, 5.41) is 15.8. The fraction of sp³-hybridized carbons (Fsp3) is 0.375. The average Bonchev–Trinajstić information content (AvgIpc) is 3.09. The largest absolute Gasteiger partial charge is 0.353 e. The Labute approximate surface area is 134 Å². The first-order valence-corrected chi connectivity index (χ1v) is 7.95. The van der Waals surface area contributed by atoms with E-state index >= 15 is 0 Å². The topological polar surface area (TPSA) is 62.5 Å². The lowest BCUT2D eigenvalue weighted by atomic mass is 10.1. The van der Waals surface area contributed by atoms with Crippen molar-refractivity contribution in [1.82, 2.24) is 30.2 Å². The van der Waals surface area contributed by atoms with Crippen LogP contribution in [0.25, 0.3) is 5.65 Å². The maximum Gasteiger partial charge on any atom is 0.200 e. The van der Waals surface area contributed by atoms with Gasteiger partial charge in [0.05, 0.1) is 0 Å². The highest BCUT2D eigenvalue weighted by molar-refractivity contribution is 5.44. The van der Waals surface area contributed by atoms with E-state index in [0.717, 1.165) is 45.0 Å². The summed E-state index contributed by atoms with van der Waals surface area (Å²) in [6.45, 7) is 5.19. The van der Waals surface area contributed by atoms with Gasteiger partial charge in [0.1, 0.15) is 0 Å². The lowest BCUT2D eigenvalue weighted by Gasteiger charge is -2.35. The second kappa shape index (κ2) is 6.29. The summed E-state index contributed by atoms with van der Waals surface area (Å²) in [7, 11) is 0. The van der Waals surface area contributed by atoms with Crippen LogP contribution < -0.4 is 4.90 Å². The van der Waals surface area contributed by atoms with Gasteiger partial charge in [-0.2, -0.15) is 0 Å². The van der Waals surface area contributed by atoms with Crippen molar-refractivity contribution in [1.29, 1.82) is 0 Å². The van der Waals surface area contributed by atoms with Crippen molar-refractivity contribution in [3.05, 3.63) is 48.0 Å². The third-order valence-corrected chi connectivity index (χ3v) is 4.31. The molecular weight excluding hydrogens is 290 g/mol. The van der Waals surface area contributed by atoms with Crippen LogP contribution in [0.1, 0.15) is 5.56 Å². The number of hydrogen-bond donors (Lipinski definition) is 0. The maximum atomic E-state index is 4.47. The van der Waals surface area contributed by atoms with Gasteiger partial charge in [-0.3, -0.25) is 4.90 Å². The number of fused-ring (bicyclic) bond motifs is 1. The second-order valence-electron chi connectivity index (χ2n) is 5.78. The molecule has 2 aromatic heterocycles. The monoisotopic (exact) mass is 309 g/mol. The van der Waals surface area contributed by atoms with Gasteiger partial charge in [0, 0.05) is 32.7 Å². The molecule has 0 spiro atoms. The molecule has 1 fully saturated rings. The highest BCUT2D eigenvalue weighted by Gasteiger charge is 2.18. The minimum absolute atomic E-state index is 0.676. The quantitative estimate of drug-likeness (QED) is 0.713. The molecule has 1 aliphatic rings. The van der Waals surface area contributed by atoms with Gasteiger partial charge in [-0.25, -0.2) is 0 Å². The van der Waals surface area contributed by atoms with Crippen LogP contribution in [0, 0.1) is 0 Å². The molecule has 1 saturated heterocycles. The summed E-state index contributed by atoms with van der Waals surface area (Å²) in [4.78, 5) is 4.80. The molecule has 118 valence electrons. The smallest absolute Gasteiger partial charge is 0.200 e. The van der Waals surface area contributed by atoms with Crippen LogP contribution in [0.5, 0.6) is 0 Å². The highest BCUT2D eigenvalue weighted by atomic mass is 15.6. The minimum atomic E-state index is 0.676. The van der Waals surface area contributed by atoms with E-state index in [0.29, 0.717) is 5.65 Å². The zero-order valence-corrected chi connectivity index (χ0v) is 12.9. The molecule has 7 heteroatoms. The molecule has 1 aromatic carbocycles. The lowest BCUT2D eigenvalue weighted by molar-refractivity contribution is 0.260. The molecule has 4 rings (SSSR count). The SMILES string of the molecule is c1ccc(CCN2CCN(c3ccc4nnnn4n3)CC2)cc1. The Kier molecular flexibility index (Phi) is 3.85. The second-order valence-corrected chi connectivity index (χ2v) is 5.78. The van der Waals surface area contributed by atoms with E-state index in [2.05, 4.69) is 60.8 Å². The number of hydrogen-bond acceptors (Lipinski definition) is 6. The van der Waals surface area contributed by atoms with Crippen LogP contribution in [0.3, 0.4) is 0 Å². The van der Waals surface area contributed by atoms with Crippen LogP contribution in [0.4, 0.5) is 5.82 Å². The molecule has 0 bridgehead atoms. The third kappa shape index (κ3) is 3.14. The van der Waals surface area contributed by atoms with Gasteiger partial charge in [-0.05, 0) is 34.5 Å². The van der Waals surface area contributed by atoms with Crippen molar-refractivity contribution < 1.29 is 0 Å². The fourth-order valence-electron chi connectivity index (χ4n) is 2.94. The zero-order valence-electron chi connectivity index (χ0n) is 12.9. The predicted molar refractivity (Wildman–Crippen MR) is 87.4 cm³/mol. The Morgan fingerprint density at radius 2 is 1.74 bits per heavy atom. The first-order chi connectivity index (χ1) is 11.4. The Hall–Kier alpha value is -2.54. The molecule has 7 nitrogen and oxygen atoms in total. The Bertz CT molecular complexity index is 762. The Balaban J connectivity index is 1.33. The summed E-state index contributed by atoms with van der Waals surface area (Å²) in [5.74, 6) is 0.938. The Morgan fingerprint density at radius 1 is 0.913 bits per heavy atom. The molecule has 0 unspecified atom stereocenters. The highest BCUT2D eigenvalue weighted by Crippen LogP contribution is 2.14. The van der Waals surface area contributed by atoms with Crippen molar-refractivity contribution >= 4 is 11.5 Å². The van der Waals surface area contributed by atoms with Crippen molar-refractivity contribution in [2.75, 3.05) is 37.6 Å².